The summed E-state index contributed by atoms with van der Waals surface area (Å²) in [6, 6.07) is 0.897. The summed E-state index contributed by atoms with van der Waals surface area (Å²) in [5.74, 6) is 1.16. The third-order valence-corrected chi connectivity index (χ3v) is 6.27. The predicted octanol–water partition coefficient (Wildman–Crippen LogP) is 0.171. The summed E-state index contributed by atoms with van der Waals surface area (Å²) in [6.07, 6.45) is 3.68. The fourth-order valence-corrected chi connectivity index (χ4v) is 4.61. The molecule has 1 aliphatic rings. The molecule has 1 aliphatic carbocycles. The highest BCUT2D eigenvalue weighted by Gasteiger charge is 2.32. The van der Waals surface area contributed by atoms with Crippen LogP contribution in [0.2, 0.25) is 0 Å². The number of rotatable bonds is 5. The molecular weight excluding hydrogens is 388 g/mol. The molecule has 4 rings (SSSR count). The zero-order chi connectivity index (χ0) is 19.9. The zero-order valence-corrected chi connectivity index (χ0v) is 15.7. The minimum Gasteiger partial charge on any atom is -0.339 e. The third kappa shape index (κ3) is 3.47. The summed E-state index contributed by atoms with van der Waals surface area (Å²) >= 11 is 0. The van der Waals surface area contributed by atoms with Crippen molar-refractivity contribution in [3.05, 3.63) is 44.8 Å². The maximum Gasteiger partial charge on any atom is 0.327 e. The van der Waals surface area contributed by atoms with Crippen molar-refractivity contribution in [3.8, 4) is 0 Å². The fourth-order valence-electron chi connectivity index (χ4n) is 3.35. The Labute approximate surface area is 158 Å². The lowest BCUT2D eigenvalue weighted by atomic mass is 10.1. The van der Waals surface area contributed by atoms with Crippen LogP contribution in [0.1, 0.15) is 43.8 Å². The molecule has 148 valence electrons. The molecule has 0 aliphatic heterocycles. The lowest BCUT2D eigenvalue weighted by Gasteiger charge is -2.13. The lowest BCUT2D eigenvalue weighted by Crippen LogP contribution is -2.33. The standard InChI is InChI=1S/C16H18N6O5S/c1-2-12-18-15(27-21-12)8-3-4-9(5-8)22-28(25,26)10-6-11-13(17-7-10)19-16(24)20-14(11)23/h6-9,22H,2-5H2,1H3,(H2,17,19,20,23,24). The number of nitrogens with one attached hydrogen (secondary N) is 3. The van der Waals surface area contributed by atoms with E-state index >= 15 is 0 Å². The van der Waals surface area contributed by atoms with Gasteiger partial charge >= 0.3 is 5.69 Å². The SMILES string of the molecule is CCc1noc(C2CCC(NS(=O)(=O)c3cnc4[nH]c(=O)[nH]c(=O)c4c3)C2)n1. The zero-order valence-electron chi connectivity index (χ0n) is 14.9. The molecule has 3 aromatic rings. The number of nitrogens with zero attached hydrogens (tertiary/aromatic N) is 3. The Morgan fingerprint density at radius 1 is 1.29 bits per heavy atom. The number of aryl methyl sites for hydroxylation is 1. The summed E-state index contributed by atoms with van der Waals surface area (Å²) in [5, 5.41) is 3.87. The number of pyridine rings is 1. The van der Waals surface area contributed by atoms with Crippen LogP contribution in [-0.4, -0.2) is 39.6 Å². The molecule has 0 radical (unpaired) electrons. The molecule has 0 aromatic carbocycles. The van der Waals surface area contributed by atoms with Crippen molar-refractivity contribution in [1.29, 1.82) is 0 Å². The second kappa shape index (κ2) is 6.95. The van der Waals surface area contributed by atoms with Crippen LogP contribution in [0.15, 0.2) is 31.3 Å². The molecule has 12 heteroatoms. The van der Waals surface area contributed by atoms with Crippen LogP contribution in [-0.2, 0) is 16.4 Å². The summed E-state index contributed by atoms with van der Waals surface area (Å²) in [7, 11) is -3.89. The molecule has 11 nitrogen and oxygen atoms in total. The Kier molecular flexibility index (Phi) is 4.59. The fraction of sp³-hybridized carbons (Fsp3) is 0.438. The summed E-state index contributed by atoms with van der Waals surface area (Å²) in [5.41, 5.74) is -1.38. The third-order valence-electron chi connectivity index (χ3n) is 4.78. The highest BCUT2D eigenvalue weighted by molar-refractivity contribution is 7.89. The Balaban J connectivity index is 1.54. The van der Waals surface area contributed by atoms with Crippen molar-refractivity contribution in [2.24, 2.45) is 0 Å². The highest BCUT2D eigenvalue weighted by Crippen LogP contribution is 2.34. The first-order valence-corrected chi connectivity index (χ1v) is 10.3. The van der Waals surface area contributed by atoms with Crippen LogP contribution in [0, 0.1) is 0 Å². The molecule has 28 heavy (non-hydrogen) atoms. The van der Waals surface area contributed by atoms with Gasteiger partial charge in [-0.3, -0.25) is 14.8 Å². The van der Waals surface area contributed by atoms with Gasteiger partial charge in [0, 0.05) is 24.6 Å². The average Bonchev–Trinajstić information content (AvgIpc) is 3.30. The van der Waals surface area contributed by atoms with Crippen molar-refractivity contribution in [3.63, 3.8) is 0 Å². The van der Waals surface area contributed by atoms with Gasteiger partial charge in [0.25, 0.3) is 5.56 Å². The second-order valence-corrected chi connectivity index (χ2v) is 8.42. The van der Waals surface area contributed by atoms with Crippen LogP contribution in [0.5, 0.6) is 0 Å². The molecule has 0 amide bonds. The van der Waals surface area contributed by atoms with Gasteiger partial charge < -0.3 is 4.52 Å². The summed E-state index contributed by atoms with van der Waals surface area (Å²) in [6.45, 7) is 1.93. The molecule has 3 N–H and O–H groups in total. The molecule has 2 unspecified atom stereocenters. The summed E-state index contributed by atoms with van der Waals surface area (Å²) < 4.78 is 33.3. The monoisotopic (exact) mass is 406 g/mol. The van der Waals surface area contributed by atoms with E-state index in [1.165, 1.54) is 6.07 Å². The van der Waals surface area contributed by atoms with Crippen LogP contribution in [0.3, 0.4) is 0 Å². The van der Waals surface area contributed by atoms with Crippen LogP contribution in [0.4, 0.5) is 0 Å². The molecule has 2 atom stereocenters. The maximum absolute atomic E-state index is 12.7. The van der Waals surface area contributed by atoms with Crippen LogP contribution in [0.25, 0.3) is 11.0 Å². The van der Waals surface area contributed by atoms with E-state index in [0.29, 0.717) is 31.0 Å². The van der Waals surface area contributed by atoms with E-state index in [-0.39, 0.29) is 27.9 Å². The number of fused-ring (bicyclic) bond motifs is 1. The molecule has 0 saturated heterocycles. The van der Waals surface area contributed by atoms with Gasteiger partial charge in [0.1, 0.15) is 10.5 Å². The van der Waals surface area contributed by atoms with Crippen molar-refractivity contribution >= 4 is 21.1 Å². The van der Waals surface area contributed by atoms with Crippen LogP contribution < -0.4 is 16.0 Å². The number of hydrogen-bond donors (Lipinski definition) is 3. The number of hydrogen-bond acceptors (Lipinski definition) is 8. The van der Waals surface area contributed by atoms with Crippen molar-refractivity contribution in [2.45, 2.75) is 49.5 Å². The van der Waals surface area contributed by atoms with Gasteiger partial charge in [-0.05, 0) is 25.3 Å². The van der Waals surface area contributed by atoms with Crippen molar-refractivity contribution < 1.29 is 12.9 Å². The van der Waals surface area contributed by atoms with Crippen molar-refractivity contribution in [1.82, 2.24) is 29.8 Å². The number of aromatic amines is 2. The molecule has 3 heterocycles. The molecule has 0 bridgehead atoms. The van der Waals surface area contributed by atoms with Gasteiger partial charge in [-0.15, -0.1) is 0 Å². The van der Waals surface area contributed by atoms with E-state index in [1.807, 2.05) is 6.92 Å². The number of H-pyrrole nitrogens is 2. The van der Waals surface area contributed by atoms with Gasteiger partial charge in [0.2, 0.25) is 15.9 Å². The first-order valence-electron chi connectivity index (χ1n) is 8.83. The predicted molar refractivity (Wildman–Crippen MR) is 97.4 cm³/mol. The second-order valence-electron chi connectivity index (χ2n) is 6.71. The largest absolute Gasteiger partial charge is 0.339 e. The Bertz CT molecular complexity index is 1240. The van der Waals surface area contributed by atoms with Gasteiger partial charge in [-0.2, -0.15) is 4.98 Å². The molecular formula is C16H18N6O5S. The Morgan fingerprint density at radius 3 is 2.86 bits per heavy atom. The molecule has 0 spiro atoms. The Morgan fingerprint density at radius 2 is 2.11 bits per heavy atom. The first-order chi connectivity index (χ1) is 13.4. The van der Waals surface area contributed by atoms with Gasteiger partial charge in [0.05, 0.1) is 5.39 Å². The van der Waals surface area contributed by atoms with E-state index in [1.54, 1.807) is 0 Å². The maximum atomic E-state index is 12.7. The van der Waals surface area contributed by atoms with E-state index in [9.17, 15) is 18.0 Å². The van der Waals surface area contributed by atoms with E-state index in [0.717, 1.165) is 12.6 Å². The number of sulfonamides is 1. The normalized spacial score (nSPS) is 20.0. The van der Waals surface area contributed by atoms with E-state index in [2.05, 4.69) is 29.8 Å². The van der Waals surface area contributed by atoms with E-state index in [4.69, 9.17) is 4.52 Å². The minimum atomic E-state index is -3.89. The number of aromatic nitrogens is 5. The quantitative estimate of drug-likeness (QED) is 0.540. The highest BCUT2D eigenvalue weighted by atomic mass is 32.2. The smallest absolute Gasteiger partial charge is 0.327 e. The Hall–Kier alpha value is -2.86. The summed E-state index contributed by atoms with van der Waals surface area (Å²) in [4.78, 5) is 35.6. The minimum absolute atomic E-state index is 0.00291. The molecule has 1 fully saturated rings. The van der Waals surface area contributed by atoms with Crippen LogP contribution >= 0.6 is 0 Å². The van der Waals surface area contributed by atoms with Crippen molar-refractivity contribution in [2.75, 3.05) is 0 Å². The van der Waals surface area contributed by atoms with Gasteiger partial charge in [-0.25, -0.2) is 22.9 Å². The molecule has 1 saturated carbocycles. The van der Waals surface area contributed by atoms with Gasteiger partial charge in [-0.1, -0.05) is 12.1 Å². The first kappa shape index (κ1) is 18.5. The topological polar surface area (TPSA) is 164 Å². The van der Waals surface area contributed by atoms with E-state index < -0.39 is 21.3 Å². The average molecular weight is 406 g/mol. The van der Waals surface area contributed by atoms with Gasteiger partial charge in [0.15, 0.2) is 5.82 Å². The molecule has 3 aromatic heterocycles. The lowest BCUT2D eigenvalue weighted by molar-refractivity contribution is 0.349.